The van der Waals surface area contributed by atoms with E-state index in [1.165, 1.54) is 25.7 Å². The highest BCUT2D eigenvalue weighted by atomic mass is 16.6. The Morgan fingerprint density at radius 1 is 1.03 bits per heavy atom. The summed E-state index contributed by atoms with van der Waals surface area (Å²) in [5.74, 6) is 3.52. The fourth-order valence-electron chi connectivity index (χ4n) is 10.9. The molecule has 1 heterocycles. The maximum Gasteiger partial charge on any atom is 0.409 e. The third kappa shape index (κ3) is 4.83. The van der Waals surface area contributed by atoms with Gasteiger partial charge in [-0.15, -0.1) is 0 Å². The molecule has 38 heavy (non-hydrogen) atoms. The topological polar surface area (TPSA) is 90.2 Å². The molecule has 0 radical (unpaired) electrons. The zero-order chi connectivity index (χ0) is 27.2. The number of carbonyl (C=O) groups is 1. The van der Waals surface area contributed by atoms with Gasteiger partial charge in [-0.2, -0.15) is 0 Å². The Bertz CT molecular complexity index is 837. The summed E-state index contributed by atoms with van der Waals surface area (Å²) in [4.78, 5) is 14.4. The van der Waals surface area contributed by atoms with E-state index in [4.69, 9.17) is 4.74 Å². The molecule has 5 aliphatic rings. The lowest BCUT2D eigenvalue weighted by Gasteiger charge is -2.64. The molecule has 5 fully saturated rings. The molecule has 0 aromatic heterocycles. The second-order valence-electron chi connectivity index (χ2n) is 14.6. The van der Waals surface area contributed by atoms with E-state index in [2.05, 4.69) is 27.7 Å². The highest BCUT2D eigenvalue weighted by Crippen LogP contribution is 2.69. The lowest BCUT2D eigenvalue weighted by molar-refractivity contribution is -0.203. The number of hydrogen-bond donors (Lipinski definition) is 3. The number of likely N-dealkylation sites (tertiary alicyclic amines) is 1. The van der Waals surface area contributed by atoms with Gasteiger partial charge in [0.1, 0.15) is 0 Å². The largest absolute Gasteiger partial charge is 0.449 e. The van der Waals surface area contributed by atoms with E-state index in [0.717, 1.165) is 51.5 Å². The van der Waals surface area contributed by atoms with E-state index in [9.17, 15) is 20.1 Å². The van der Waals surface area contributed by atoms with Gasteiger partial charge in [0.05, 0.1) is 18.8 Å². The van der Waals surface area contributed by atoms with Crippen LogP contribution in [0.4, 0.5) is 4.79 Å². The summed E-state index contributed by atoms with van der Waals surface area (Å²) in [6.07, 6.45) is 10.9. The van der Waals surface area contributed by atoms with Crippen molar-refractivity contribution in [3.05, 3.63) is 0 Å². The summed E-state index contributed by atoms with van der Waals surface area (Å²) in [7, 11) is 0. The van der Waals surface area contributed by atoms with Crippen LogP contribution in [0.5, 0.6) is 0 Å². The van der Waals surface area contributed by atoms with E-state index in [0.29, 0.717) is 54.6 Å². The predicted octanol–water partition coefficient (Wildman–Crippen LogP) is 5.48. The molecule has 0 spiro atoms. The average molecular weight is 534 g/mol. The maximum atomic E-state index is 12.7. The van der Waals surface area contributed by atoms with Crippen LogP contribution in [-0.2, 0) is 4.74 Å². The summed E-state index contributed by atoms with van der Waals surface area (Å²) in [6, 6.07) is 0. The second-order valence-corrected chi connectivity index (χ2v) is 14.6. The minimum Gasteiger partial charge on any atom is -0.449 e. The molecule has 2 unspecified atom stereocenters. The summed E-state index contributed by atoms with van der Waals surface area (Å²) < 4.78 is 5.73. The van der Waals surface area contributed by atoms with Crippen LogP contribution in [-0.4, -0.2) is 64.8 Å². The van der Waals surface area contributed by atoms with Crippen molar-refractivity contribution in [2.75, 3.05) is 26.3 Å². The Kier molecular flexibility index (Phi) is 8.45. The van der Waals surface area contributed by atoms with Gasteiger partial charge in [0.2, 0.25) is 0 Å². The first-order valence-corrected chi connectivity index (χ1v) is 16.0. The number of ether oxygens (including phenoxy) is 1. The summed E-state index contributed by atoms with van der Waals surface area (Å²) in [6.45, 7) is 11.6. The van der Waals surface area contributed by atoms with Crippen LogP contribution >= 0.6 is 0 Å². The first kappa shape index (κ1) is 28.7. The Morgan fingerprint density at radius 3 is 2.50 bits per heavy atom. The monoisotopic (exact) mass is 533 g/mol. The molecule has 1 aliphatic heterocycles. The molecule has 5 rings (SSSR count). The summed E-state index contributed by atoms with van der Waals surface area (Å²) in [5.41, 5.74) is 0.481. The molecule has 6 nitrogen and oxygen atoms in total. The number of nitrogens with zero attached hydrogens (tertiary/aromatic N) is 1. The van der Waals surface area contributed by atoms with Gasteiger partial charge in [-0.25, -0.2) is 4.79 Å². The number of fused-ring (bicyclic) bond motifs is 5. The number of carbonyl (C=O) groups excluding carboxylic acids is 1. The van der Waals surface area contributed by atoms with Gasteiger partial charge in [-0.1, -0.05) is 34.1 Å². The minimum absolute atomic E-state index is 0.138. The normalized spacial score (nSPS) is 47.6. The van der Waals surface area contributed by atoms with Gasteiger partial charge in [0.15, 0.2) is 0 Å². The SMILES string of the molecule is CC[C@H]1[C@@H](O)C2[C@@H]3CC[C@H]([C@H](C)CCOC(=O)N4CCC[C@H](CO)C4)C3(C)CC[C@@H]2[C@@]2(C)CC[C@@H](O)C[C@@H]12. The molecule has 1 saturated heterocycles. The zero-order valence-corrected chi connectivity index (χ0v) is 24.5. The Balaban J connectivity index is 1.23. The number of amides is 1. The highest BCUT2D eigenvalue weighted by molar-refractivity contribution is 5.67. The van der Waals surface area contributed by atoms with Crippen LogP contribution in [0.25, 0.3) is 0 Å². The third-order valence-electron chi connectivity index (χ3n) is 13.0. The molecule has 4 saturated carbocycles. The number of hydrogen-bond acceptors (Lipinski definition) is 5. The first-order valence-electron chi connectivity index (χ1n) is 16.0. The molecule has 0 aromatic rings. The van der Waals surface area contributed by atoms with E-state index in [1.807, 2.05) is 0 Å². The average Bonchev–Trinajstić information content (AvgIpc) is 3.27. The molecule has 1 amide bonds. The second kappa shape index (κ2) is 11.2. The molecular weight excluding hydrogens is 478 g/mol. The fourth-order valence-corrected chi connectivity index (χ4v) is 10.9. The van der Waals surface area contributed by atoms with Gasteiger partial charge < -0.3 is 25.0 Å². The number of piperidine rings is 1. The summed E-state index contributed by atoms with van der Waals surface area (Å²) >= 11 is 0. The molecule has 0 aromatic carbocycles. The molecule has 12 atom stereocenters. The van der Waals surface area contributed by atoms with Gasteiger partial charge in [0, 0.05) is 19.7 Å². The quantitative estimate of drug-likeness (QED) is 0.421. The van der Waals surface area contributed by atoms with Crippen molar-refractivity contribution >= 4 is 6.09 Å². The van der Waals surface area contributed by atoms with Crippen molar-refractivity contribution in [3.8, 4) is 0 Å². The molecule has 6 heteroatoms. The zero-order valence-electron chi connectivity index (χ0n) is 24.5. The van der Waals surface area contributed by atoms with Crippen LogP contribution in [0.1, 0.15) is 98.3 Å². The number of aliphatic hydroxyl groups is 3. The predicted molar refractivity (Wildman–Crippen MR) is 148 cm³/mol. The van der Waals surface area contributed by atoms with Crippen LogP contribution in [0, 0.1) is 58.2 Å². The number of aliphatic hydroxyl groups excluding tert-OH is 3. The minimum atomic E-state index is -0.250. The van der Waals surface area contributed by atoms with E-state index >= 15 is 0 Å². The lowest BCUT2D eigenvalue weighted by Crippen LogP contribution is -2.62. The standard InChI is InChI=1S/C32H55NO5/c1-5-23-27-17-22(35)10-13-32(27,4)26-11-14-31(3)24(8-9-25(31)28(26)29(23)36)20(2)12-16-38-30(37)33-15-6-7-21(18-33)19-34/h20-29,34-36H,5-19H2,1-4H3/t20-,21+,22-,23-,24-,25+,26+,27+,28?,29-,31?,32-/m1/s1. The van der Waals surface area contributed by atoms with E-state index < -0.39 is 0 Å². The van der Waals surface area contributed by atoms with Crippen LogP contribution < -0.4 is 0 Å². The summed E-state index contributed by atoms with van der Waals surface area (Å²) in [5, 5.41) is 31.9. The molecular formula is C32H55NO5. The van der Waals surface area contributed by atoms with Crippen LogP contribution in [0.15, 0.2) is 0 Å². The molecule has 218 valence electrons. The Hall–Kier alpha value is -0.850. The Morgan fingerprint density at radius 2 is 1.76 bits per heavy atom. The van der Waals surface area contributed by atoms with E-state index in [1.54, 1.807) is 4.90 Å². The van der Waals surface area contributed by atoms with Crippen LogP contribution in [0.3, 0.4) is 0 Å². The number of rotatable bonds is 6. The maximum absolute atomic E-state index is 12.7. The van der Waals surface area contributed by atoms with Crippen molar-refractivity contribution in [2.45, 2.75) is 111 Å². The van der Waals surface area contributed by atoms with Crippen LogP contribution in [0.2, 0.25) is 0 Å². The van der Waals surface area contributed by atoms with Crippen molar-refractivity contribution in [1.29, 1.82) is 0 Å². The van der Waals surface area contributed by atoms with Gasteiger partial charge in [0.25, 0.3) is 0 Å². The molecule has 0 bridgehead atoms. The Labute approximate surface area is 230 Å². The third-order valence-corrected chi connectivity index (χ3v) is 13.0. The smallest absolute Gasteiger partial charge is 0.409 e. The highest BCUT2D eigenvalue weighted by Gasteiger charge is 2.64. The van der Waals surface area contributed by atoms with Crippen molar-refractivity contribution < 1.29 is 24.9 Å². The van der Waals surface area contributed by atoms with E-state index in [-0.39, 0.29) is 41.7 Å². The van der Waals surface area contributed by atoms with Gasteiger partial charge in [-0.05, 0) is 122 Å². The first-order chi connectivity index (χ1) is 18.1. The van der Waals surface area contributed by atoms with Gasteiger partial charge in [-0.3, -0.25) is 0 Å². The fraction of sp³-hybridized carbons (Fsp3) is 0.969. The molecule has 4 aliphatic carbocycles. The lowest BCUT2D eigenvalue weighted by atomic mass is 9.41. The van der Waals surface area contributed by atoms with Crippen molar-refractivity contribution in [1.82, 2.24) is 4.90 Å². The van der Waals surface area contributed by atoms with Crippen molar-refractivity contribution in [3.63, 3.8) is 0 Å². The van der Waals surface area contributed by atoms with Gasteiger partial charge >= 0.3 is 6.09 Å². The molecule has 3 N–H and O–H groups in total. The van der Waals surface area contributed by atoms with Crippen molar-refractivity contribution in [2.24, 2.45) is 58.2 Å².